The SMILES string of the molecule is O=CCC1CC2(CCC2)CN1. The van der Waals surface area contributed by atoms with Crippen LogP contribution >= 0.6 is 0 Å². The van der Waals surface area contributed by atoms with Gasteiger partial charge in [-0.05, 0) is 24.7 Å². The number of carbonyl (C=O) groups excluding carboxylic acids is 1. The molecular weight excluding hydrogens is 138 g/mol. The molecule has 0 bridgehead atoms. The van der Waals surface area contributed by atoms with Gasteiger partial charge in [-0.1, -0.05) is 6.42 Å². The maximum absolute atomic E-state index is 10.2. The number of hydrogen-bond acceptors (Lipinski definition) is 2. The average molecular weight is 153 g/mol. The smallest absolute Gasteiger partial charge is 0.121 e. The van der Waals surface area contributed by atoms with Crippen molar-refractivity contribution in [3.8, 4) is 0 Å². The normalized spacial score (nSPS) is 33.6. The van der Waals surface area contributed by atoms with Crippen LogP contribution < -0.4 is 5.32 Å². The average Bonchev–Trinajstić information content (AvgIpc) is 2.32. The van der Waals surface area contributed by atoms with Crippen molar-refractivity contribution >= 4 is 6.29 Å². The first-order valence-electron chi connectivity index (χ1n) is 4.52. The van der Waals surface area contributed by atoms with Gasteiger partial charge in [-0.15, -0.1) is 0 Å². The highest BCUT2D eigenvalue weighted by Crippen LogP contribution is 2.47. The molecule has 1 aliphatic heterocycles. The number of carbonyl (C=O) groups is 1. The Morgan fingerprint density at radius 2 is 2.36 bits per heavy atom. The third-order valence-corrected chi connectivity index (χ3v) is 3.24. The molecule has 1 saturated heterocycles. The van der Waals surface area contributed by atoms with E-state index in [9.17, 15) is 4.79 Å². The molecule has 62 valence electrons. The lowest BCUT2D eigenvalue weighted by atomic mass is 9.67. The van der Waals surface area contributed by atoms with Crippen LogP contribution in [0.2, 0.25) is 0 Å². The van der Waals surface area contributed by atoms with E-state index in [0.29, 0.717) is 17.9 Å². The fourth-order valence-electron chi connectivity index (χ4n) is 2.37. The Kier molecular flexibility index (Phi) is 1.72. The van der Waals surface area contributed by atoms with Gasteiger partial charge in [-0.3, -0.25) is 0 Å². The van der Waals surface area contributed by atoms with Crippen molar-refractivity contribution in [3.05, 3.63) is 0 Å². The summed E-state index contributed by atoms with van der Waals surface area (Å²) in [5.74, 6) is 0. The zero-order chi connectivity index (χ0) is 7.73. The Morgan fingerprint density at radius 1 is 1.55 bits per heavy atom. The van der Waals surface area contributed by atoms with Crippen LogP contribution in [0, 0.1) is 5.41 Å². The molecule has 0 amide bonds. The number of nitrogens with one attached hydrogen (secondary N) is 1. The monoisotopic (exact) mass is 153 g/mol. The largest absolute Gasteiger partial charge is 0.313 e. The molecule has 1 atom stereocenters. The van der Waals surface area contributed by atoms with E-state index >= 15 is 0 Å². The van der Waals surface area contributed by atoms with Crippen molar-refractivity contribution in [1.29, 1.82) is 0 Å². The van der Waals surface area contributed by atoms with E-state index in [0.717, 1.165) is 12.8 Å². The van der Waals surface area contributed by atoms with Gasteiger partial charge in [0.15, 0.2) is 0 Å². The van der Waals surface area contributed by atoms with E-state index in [1.54, 1.807) is 0 Å². The van der Waals surface area contributed by atoms with Crippen molar-refractivity contribution in [1.82, 2.24) is 5.32 Å². The molecule has 1 unspecified atom stereocenters. The van der Waals surface area contributed by atoms with Gasteiger partial charge in [0.25, 0.3) is 0 Å². The summed E-state index contributed by atoms with van der Waals surface area (Å²) in [6, 6.07) is 0.493. The van der Waals surface area contributed by atoms with Crippen LogP contribution in [0.4, 0.5) is 0 Å². The number of hydrogen-bond donors (Lipinski definition) is 1. The lowest BCUT2D eigenvalue weighted by Gasteiger charge is -2.37. The van der Waals surface area contributed by atoms with Crippen LogP contribution in [0.1, 0.15) is 32.1 Å². The number of aldehydes is 1. The first-order valence-corrected chi connectivity index (χ1v) is 4.52. The van der Waals surface area contributed by atoms with E-state index in [-0.39, 0.29) is 0 Å². The summed E-state index contributed by atoms with van der Waals surface area (Å²) < 4.78 is 0. The maximum Gasteiger partial charge on any atom is 0.121 e. The second-order valence-corrected chi connectivity index (χ2v) is 4.04. The van der Waals surface area contributed by atoms with E-state index in [4.69, 9.17) is 0 Å². The molecule has 0 aromatic rings. The molecule has 2 nitrogen and oxygen atoms in total. The third-order valence-electron chi connectivity index (χ3n) is 3.24. The molecule has 11 heavy (non-hydrogen) atoms. The summed E-state index contributed by atoms with van der Waals surface area (Å²) in [5.41, 5.74) is 0.619. The second-order valence-electron chi connectivity index (χ2n) is 4.04. The highest BCUT2D eigenvalue weighted by Gasteiger charge is 2.42. The zero-order valence-electron chi connectivity index (χ0n) is 6.81. The maximum atomic E-state index is 10.2. The summed E-state index contributed by atoms with van der Waals surface area (Å²) >= 11 is 0. The van der Waals surface area contributed by atoms with Gasteiger partial charge in [0.05, 0.1) is 0 Å². The summed E-state index contributed by atoms with van der Waals surface area (Å²) in [5, 5.41) is 3.42. The van der Waals surface area contributed by atoms with E-state index in [1.165, 1.54) is 25.7 Å². The van der Waals surface area contributed by atoms with Gasteiger partial charge in [0.1, 0.15) is 6.29 Å². The molecule has 2 rings (SSSR count). The Balaban J connectivity index is 1.87. The van der Waals surface area contributed by atoms with Crippen molar-refractivity contribution in [2.75, 3.05) is 6.54 Å². The van der Waals surface area contributed by atoms with Gasteiger partial charge in [0.2, 0.25) is 0 Å². The fourth-order valence-corrected chi connectivity index (χ4v) is 2.37. The van der Waals surface area contributed by atoms with Crippen LogP contribution in [0.5, 0.6) is 0 Å². The van der Waals surface area contributed by atoms with Crippen LogP contribution in [-0.4, -0.2) is 18.9 Å². The molecule has 1 heterocycles. The molecule has 0 aromatic heterocycles. The quantitative estimate of drug-likeness (QED) is 0.602. The molecule has 2 heteroatoms. The molecule has 2 aliphatic rings. The topological polar surface area (TPSA) is 29.1 Å². The van der Waals surface area contributed by atoms with Crippen molar-refractivity contribution in [3.63, 3.8) is 0 Å². The van der Waals surface area contributed by atoms with Gasteiger partial charge in [0, 0.05) is 19.0 Å². The minimum atomic E-state index is 0.493. The van der Waals surface area contributed by atoms with Gasteiger partial charge in [-0.2, -0.15) is 0 Å². The highest BCUT2D eigenvalue weighted by atomic mass is 16.1. The van der Waals surface area contributed by atoms with Crippen LogP contribution in [0.3, 0.4) is 0 Å². The van der Waals surface area contributed by atoms with Gasteiger partial charge >= 0.3 is 0 Å². The van der Waals surface area contributed by atoms with E-state index < -0.39 is 0 Å². The molecule has 1 N–H and O–H groups in total. The van der Waals surface area contributed by atoms with E-state index in [2.05, 4.69) is 5.32 Å². The van der Waals surface area contributed by atoms with Crippen molar-refractivity contribution in [2.45, 2.75) is 38.1 Å². The standard InChI is InChI=1S/C9H15NO/c11-5-2-8-6-9(7-10-8)3-1-4-9/h5,8,10H,1-4,6-7H2. The van der Waals surface area contributed by atoms with Crippen molar-refractivity contribution in [2.24, 2.45) is 5.41 Å². The van der Waals surface area contributed by atoms with E-state index in [1.807, 2.05) is 0 Å². The second kappa shape index (κ2) is 2.59. The molecule has 1 aliphatic carbocycles. The molecular formula is C9H15NO. The molecule has 1 saturated carbocycles. The predicted octanol–water partition coefficient (Wildman–Crippen LogP) is 1.11. The van der Waals surface area contributed by atoms with Crippen LogP contribution in [0.25, 0.3) is 0 Å². The van der Waals surface area contributed by atoms with Gasteiger partial charge in [-0.25, -0.2) is 0 Å². The summed E-state index contributed by atoms with van der Waals surface area (Å²) in [6.45, 7) is 1.16. The predicted molar refractivity (Wildman–Crippen MR) is 43.4 cm³/mol. The molecule has 0 radical (unpaired) electrons. The van der Waals surface area contributed by atoms with Crippen LogP contribution in [-0.2, 0) is 4.79 Å². The Bertz CT molecular complexity index is 163. The molecule has 0 aromatic carbocycles. The first-order chi connectivity index (χ1) is 5.35. The highest BCUT2D eigenvalue weighted by molar-refractivity contribution is 5.50. The minimum absolute atomic E-state index is 0.493. The zero-order valence-corrected chi connectivity index (χ0v) is 6.81. The van der Waals surface area contributed by atoms with Crippen molar-refractivity contribution < 1.29 is 4.79 Å². The Hall–Kier alpha value is -0.370. The molecule has 1 spiro atoms. The number of rotatable bonds is 2. The minimum Gasteiger partial charge on any atom is -0.313 e. The summed E-state index contributed by atoms with van der Waals surface area (Å²) in [7, 11) is 0. The lowest BCUT2D eigenvalue weighted by Crippen LogP contribution is -2.31. The Morgan fingerprint density at radius 3 is 2.82 bits per heavy atom. The Labute approximate surface area is 67.4 Å². The van der Waals surface area contributed by atoms with Gasteiger partial charge < -0.3 is 10.1 Å². The summed E-state index contributed by atoms with van der Waals surface area (Å²) in [4.78, 5) is 10.2. The third kappa shape index (κ3) is 1.20. The molecule has 2 fully saturated rings. The summed E-state index contributed by atoms with van der Waals surface area (Å²) in [6.07, 6.45) is 7.16. The first kappa shape index (κ1) is 7.29. The lowest BCUT2D eigenvalue weighted by molar-refractivity contribution is -0.108. The fraction of sp³-hybridized carbons (Fsp3) is 0.889. The van der Waals surface area contributed by atoms with Crippen LogP contribution in [0.15, 0.2) is 0 Å².